The van der Waals surface area contributed by atoms with Gasteiger partial charge in [0.25, 0.3) is 0 Å². The van der Waals surface area contributed by atoms with E-state index in [0.717, 1.165) is 24.1 Å². The average molecular weight is 276 g/mol. The highest BCUT2D eigenvalue weighted by molar-refractivity contribution is 9.09. The summed E-state index contributed by atoms with van der Waals surface area (Å²) < 4.78 is 0. The summed E-state index contributed by atoms with van der Waals surface area (Å²) in [6, 6.07) is 0.307. The number of halogens is 1. The first-order chi connectivity index (χ1) is 7.15. The zero-order valence-corrected chi connectivity index (χ0v) is 11.4. The molecular formula is C12H22BrNO. The maximum atomic E-state index is 11.8. The highest BCUT2D eigenvalue weighted by Gasteiger charge is 2.19. The Kier molecular flexibility index (Phi) is 5.65. The van der Waals surface area contributed by atoms with E-state index >= 15 is 0 Å². The largest absolute Gasteiger partial charge is 0.342 e. The summed E-state index contributed by atoms with van der Waals surface area (Å²) in [4.78, 5) is 13.7. The Labute approximate surface area is 102 Å². The van der Waals surface area contributed by atoms with Gasteiger partial charge in [-0.3, -0.25) is 4.79 Å². The van der Waals surface area contributed by atoms with Crippen LogP contribution >= 0.6 is 15.9 Å². The lowest BCUT2D eigenvalue weighted by Crippen LogP contribution is -2.36. The fourth-order valence-corrected chi connectivity index (χ4v) is 2.59. The van der Waals surface area contributed by atoms with E-state index in [9.17, 15) is 4.79 Å². The molecule has 0 spiro atoms. The van der Waals surface area contributed by atoms with Crippen LogP contribution in [0.15, 0.2) is 0 Å². The van der Waals surface area contributed by atoms with Gasteiger partial charge in [-0.15, -0.1) is 0 Å². The Bertz CT molecular complexity index is 202. The van der Waals surface area contributed by atoms with Crippen molar-refractivity contribution in [3.8, 4) is 0 Å². The molecule has 88 valence electrons. The van der Waals surface area contributed by atoms with Crippen LogP contribution in [-0.2, 0) is 4.79 Å². The Hall–Kier alpha value is -0.0500. The Morgan fingerprint density at radius 3 is 2.60 bits per heavy atom. The molecule has 1 aliphatic carbocycles. The first kappa shape index (κ1) is 13.0. The molecule has 1 aliphatic rings. The van der Waals surface area contributed by atoms with E-state index in [2.05, 4.69) is 22.9 Å². The first-order valence-electron chi connectivity index (χ1n) is 5.96. The highest BCUT2D eigenvalue weighted by atomic mass is 79.9. The van der Waals surface area contributed by atoms with Gasteiger partial charge < -0.3 is 4.90 Å². The second-order valence-corrected chi connectivity index (χ2v) is 5.34. The molecule has 1 atom stereocenters. The number of carbonyl (C=O) groups is 1. The zero-order valence-electron chi connectivity index (χ0n) is 9.84. The third-order valence-electron chi connectivity index (χ3n) is 3.52. The van der Waals surface area contributed by atoms with Gasteiger partial charge in [0.2, 0.25) is 5.91 Å². The number of nitrogens with zero attached hydrogens (tertiary/aromatic N) is 1. The summed E-state index contributed by atoms with van der Waals surface area (Å²) >= 11 is 3.41. The second-order valence-electron chi connectivity index (χ2n) is 4.70. The normalized spacial score (nSPS) is 19.1. The van der Waals surface area contributed by atoms with E-state index in [1.165, 1.54) is 25.7 Å². The highest BCUT2D eigenvalue weighted by Crippen LogP contribution is 2.28. The van der Waals surface area contributed by atoms with Crippen LogP contribution in [0.1, 0.15) is 45.4 Å². The van der Waals surface area contributed by atoms with Crippen LogP contribution in [0, 0.1) is 5.92 Å². The van der Waals surface area contributed by atoms with Gasteiger partial charge in [-0.05, 0) is 19.3 Å². The average Bonchev–Trinajstić information content (AvgIpc) is 2.76. The van der Waals surface area contributed by atoms with Crippen molar-refractivity contribution in [3.05, 3.63) is 0 Å². The standard InChI is InChI=1S/C12H22BrNO/c1-10(9-13)14(2)12(15)8-7-11-5-3-4-6-11/h10-11H,3-9H2,1-2H3. The van der Waals surface area contributed by atoms with Crippen molar-refractivity contribution in [1.29, 1.82) is 0 Å². The molecule has 0 N–H and O–H groups in total. The van der Waals surface area contributed by atoms with E-state index in [0.29, 0.717) is 11.9 Å². The summed E-state index contributed by atoms with van der Waals surface area (Å²) in [5, 5.41) is 0.860. The van der Waals surface area contributed by atoms with Crippen molar-refractivity contribution < 1.29 is 4.79 Å². The Morgan fingerprint density at radius 1 is 1.47 bits per heavy atom. The molecule has 1 unspecified atom stereocenters. The molecule has 2 nitrogen and oxygen atoms in total. The number of carbonyl (C=O) groups excluding carboxylic acids is 1. The monoisotopic (exact) mass is 275 g/mol. The molecule has 1 fully saturated rings. The Balaban J connectivity index is 2.22. The van der Waals surface area contributed by atoms with Gasteiger partial charge in [0, 0.05) is 24.8 Å². The summed E-state index contributed by atoms with van der Waals surface area (Å²) in [6.45, 7) is 2.07. The zero-order chi connectivity index (χ0) is 11.3. The molecule has 1 saturated carbocycles. The van der Waals surface area contributed by atoms with E-state index < -0.39 is 0 Å². The molecular weight excluding hydrogens is 254 g/mol. The third-order valence-corrected chi connectivity index (χ3v) is 4.46. The van der Waals surface area contributed by atoms with Gasteiger partial charge in [-0.25, -0.2) is 0 Å². The van der Waals surface area contributed by atoms with Crippen LogP contribution in [-0.4, -0.2) is 29.2 Å². The number of hydrogen-bond acceptors (Lipinski definition) is 1. The molecule has 0 aromatic rings. The van der Waals surface area contributed by atoms with E-state index in [1.54, 1.807) is 0 Å². The van der Waals surface area contributed by atoms with Crippen molar-refractivity contribution >= 4 is 21.8 Å². The van der Waals surface area contributed by atoms with Crippen LogP contribution in [0.25, 0.3) is 0 Å². The summed E-state index contributed by atoms with van der Waals surface area (Å²) in [7, 11) is 1.91. The predicted octanol–water partition coefficient (Wildman–Crippen LogP) is 3.20. The van der Waals surface area contributed by atoms with Crippen LogP contribution in [0.4, 0.5) is 0 Å². The quantitative estimate of drug-likeness (QED) is 0.706. The first-order valence-corrected chi connectivity index (χ1v) is 7.09. The van der Waals surface area contributed by atoms with Gasteiger partial charge in [0.15, 0.2) is 0 Å². The number of hydrogen-bond donors (Lipinski definition) is 0. The molecule has 1 rings (SSSR count). The molecule has 0 bridgehead atoms. The maximum absolute atomic E-state index is 11.8. The maximum Gasteiger partial charge on any atom is 0.222 e. The van der Waals surface area contributed by atoms with Gasteiger partial charge in [-0.2, -0.15) is 0 Å². The topological polar surface area (TPSA) is 20.3 Å². The lowest BCUT2D eigenvalue weighted by molar-refractivity contribution is -0.131. The predicted molar refractivity (Wildman–Crippen MR) is 67.2 cm³/mol. The van der Waals surface area contributed by atoms with Gasteiger partial charge in [-0.1, -0.05) is 41.6 Å². The molecule has 3 heteroatoms. The second kappa shape index (κ2) is 6.51. The van der Waals surface area contributed by atoms with Crippen LogP contribution in [0.2, 0.25) is 0 Å². The number of rotatable bonds is 5. The minimum absolute atomic E-state index is 0.300. The van der Waals surface area contributed by atoms with Gasteiger partial charge in [0.05, 0.1) is 0 Å². The Morgan fingerprint density at radius 2 is 2.07 bits per heavy atom. The van der Waals surface area contributed by atoms with E-state index in [4.69, 9.17) is 0 Å². The molecule has 0 aromatic carbocycles. The van der Waals surface area contributed by atoms with Crippen molar-refractivity contribution in [1.82, 2.24) is 4.90 Å². The minimum Gasteiger partial charge on any atom is -0.342 e. The van der Waals surface area contributed by atoms with Crippen molar-refractivity contribution in [3.63, 3.8) is 0 Å². The van der Waals surface area contributed by atoms with E-state index in [1.807, 2.05) is 11.9 Å². The lowest BCUT2D eigenvalue weighted by Gasteiger charge is -2.23. The van der Waals surface area contributed by atoms with E-state index in [-0.39, 0.29) is 0 Å². The fraction of sp³-hybridized carbons (Fsp3) is 0.917. The third kappa shape index (κ3) is 4.13. The van der Waals surface area contributed by atoms with Crippen molar-refractivity contribution in [2.75, 3.05) is 12.4 Å². The van der Waals surface area contributed by atoms with Crippen molar-refractivity contribution in [2.45, 2.75) is 51.5 Å². The van der Waals surface area contributed by atoms with Crippen LogP contribution < -0.4 is 0 Å². The van der Waals surface area contributed by atoms with Crippen molar-refractivity contribution in [2.24, 2.45) is 5.92 Å². The van der Waals surface area contributed by atoms with Gasteiger partial charge >= 0.3 is 0 Å². The molecule has 0 heterocycles. The van der Waals surface area contributed by atoms with Gasteiger partial charge in [0.1, 0.15) is 0 Å². The smallest absolute Gasteiger partial charge is 0.222 e. The van der Waals surface area contributed by atoms with Crippen LogP contribution in [0.3, 0.4) is 0 Å². The summed E-state index contributed by atoms with van der Waals surface area (Å²) in [5.74, 6) is 1.12. The molecule has 0 saturated heterocycles. The SMILES string of the molecule is CC(CBr)N(C)C(=O)CCC1CCCC1. The fourth-order valence-electron chi connectivity index (χ4n) is 2.15. The minimum atomic E-state index is 0.300. The lowest BCUT2D eigenvalue weighted by atomic mass is 10.0. The summed E-state index contributed by atoms with van der Waals surface area (Å²) in [5.41, 5.74) is 0. The number of alkyl halides is 1. The van der Waals surface area contributed by atoms with Crippen LogP contribution in [0.5, 0.6) is 0 Å². The number of amides is 1. The molecule has 0 aliphatic heterocycles. The molecule has 1 amide bonds. The molecule has 15 heavy (non-hydrogen) atoms. The summed E-state index contributed by atoms with van der Waals surface area (Å²) in [6.07, 6.45) is 7.24. The molecule has 0 aromatic heterocycles. The molecule has 0 radical (unpaired) electrons.